The molecule has 0 aromatic heterocycles. The van der Waals surface area contributed by atoms with Gasteiger partial charge in [-0.2, -0.15) is 0 Å². The summed E-state index contributed by atoms with van der Waals surface area (Å²) in [5, 5.41) is 3.34. The van der Waals surface area contributed by atoms with Gasteiger partial charge in [-0.25, -0.2) is 4.79 Å². The van der Waals surface area contributed by atoms with Crippen LogP contribution in [-0.2, 0) is 10.3 Å². The van der Waals surface area contributed by atoms with Gasteiger partial charge in [-0.3, -0.25) is 9.69 Å². The first-order valence-corrected chi connectivity index (χ1v) is 6.38. The monoisotopic (exact) mass is 281 g/mol. The van der Waals surface area contributed by atoms with Gasteiger partial charge < -0.3 is 11.1 Å². The Kier molecular flexibility index (Phi) is 3.52. The molecule has 1 saturated heterocycles. The topological polar surface area (TPSA) is 75.4 Å². The second-order valence-corrected chi connectivity index (χ2v) is 5.17. The van der Waals surface area contributed by atoms with E-state index >= 15 is 0 Å². The third-order valence-corrected chi connectivity index (χ3v) is 3.79. The number of imide groups is 1. The Labute approximate surface area is 116 Å². The summed E-state index contributed by atoms with van der Waals surface area (Å²) >= 11 is 5.98. The van der Waals surface area contributed by atoms with Crippen LogP contribution in [0.2, 0.25) is 5.02 Å². The molecule has 1 aliphatic heterocycles. The highest BCUT2D eigenvalue weighted by molar-refractivity contribution is 6.31. The molecule has 1 unspecified atom stereocenters. The number of rotatable bonds is 3. The van der Waals surface area contributed by atoms with E-state index in [1.807, 2.05) is 13.0 Å². The van der Waals surface area contributed by atoms with Crippen molar-refractivity contribution in [1.29, 1.82) is 0 Å². The first-order valence-electron chi connectivity index (χ1n) is 6.01. The Bertz CT molecular complexity index is 547. The van der Waals surface area contributed by atoms with Crippen molar-refractivity contribution in [2.45, 2.75) is 19.4 Å². The van der Waals surface area contributed by atoms with Crippen molar-refractivity contribution in [2.24, 2.45) is 5.73 Å². The first-order chi connectivity index (χ1) is 8.90. The first kappa shape index (κ1) is 13.8. The number of nitrogens with one attached hydrogen (secondary N) is 1. The van der Waals surface area contributed by atoms with E-state index in [1.165, 1.54) is 0 Å². The van der Waals surface area contributed by atoms with Crippen molar-refractivity contribution in [1.82, 2.24) is 10.2 Å². The second kappa shape index (κ2) is 4.83. The zero-order valence-electron chi connectivity index (χ0n) is 10.9. The van der Waals surface area contributed by atoms with Crippen LogP contribution in [0.4, 0.5) is 4.79 Å². The molecule has 3 amide bonds. The van der Waals surface area contributed by atoms with Crippen LogP contribution in [-0.4, -0.2) is 29.9 Å². The number of carbonyl (C=O) groups excluding carboxylic acids is 2. The zero-order valence-corrected chi connectivity index (χ0v) is 11.6. The van der Waals surface area contributed by atoms with Crippen molar-refractivity contribution in [3.63, 3.8) is 0 Å². The average Bonchev–Trinajstić information content (AvgIpc) is 2.58. The number of halogens is 1. The lowest BCUT2D eigenvalue weighted by Crippen LogP contribution is -2.41. The Morgan fingerprint density at radius 3 is 2.68 bits per heavy atom. The van der Waals surface area contributed by atoms with Crippen LogP contribution in [0.25, 0.3) is 0 Å². The van der Waals surface area contributed by atoms with Crippen LogP contribution in [0.5, 0.6) is 0 Å². The van der Waals surface area contributed by atoms with E-state index in [0.29, 0.717) is 10.6 Å². The third-order valence-electron chi connectivity index (χ3n) is 3.36. The highest BCUT2D eigenvalue weighted by Crippen LogP contribution is 2.30. The number of carbonyl (C=O) groups is 2. The van der Waals surface area contributed by atoms with Gasteiger partial charge in [0.15, 0.2) is 0 Å². The molecule has 102 valence electrons. The summed E-state index contributed by atoms with van der Waals surface area (Å²) < 4.78 is 0. The largest absolute Gasteiger partial charge is 0.329 e. The normalized spacial score (nSPS) is 22.8. The molecule has 5 nitrogen and oxygen atoms in total. The molecule has 1 atom stereocenters. The van der Waals surface area contributed by atoms with Crippen molar-refractivity contribution in [3.8, 4) is 0 Å². The predicted octanol–water partition coefficient (Wildman–Crippen LogP) is 1.37. The number of hydrogen-bond acceptors (Lipinski definition) is 3. The number of urea groups is 1. The molecule has 19 heavy (non-hydrogen) atoms. The van der Waals surface area contributed by atoms with Crippen LogP contribution >= 0.6 is 11.6 Å². The van der Waals surface area contributed by atoms with Gasteiger partial charge in [-0.1, -0.05) is 23.7 Å². The molecule has 0 spiro atoms. The van der Waals surface area contributed by atoms with Gasteiger partial charge >= 0.3 is 6.03 Å². The van der Waals surface area contributed by atoms with Crippen LogP contribution < -0.4 is 11.1 Å². The number of aryl methyl sites for hydroxylation is 1. The Morgan fingerprint density at radius 1 is 1.42 bits per heavy atom. The Morgan fingerprint density at radius 2 is 2.11 bits per heavy atom. The summed E-state index contributed by atoms with van der Waals surface area (Å²) in [5.74, 6) is -0.287. The van der Waals surface area contributed by atoms with E-state index in [0.717, 1.165) is 10.5 Å². The molecule has 2 rings (SSSR count). The molecule has 1 heterocycles. The fraction of sp³-hybridized carbons (Fsp3) is 0.385. The maximum absolute atomic E-state index is 12.4. The van der Waals surface area contributed by atoms with Crippen molar-refractivity contribution in [2.75, 3.05) is 13.1 Å². The van der Waals surface area contributed by atoms with E-state index in [4.69, 9.17) is 17.3 Å². The standard InChI is InChI=1S/C13H16ClN3O2/c1-8-7-9(3-4-10(8)14)13(2)11(18)17(6-5-15)12(19)16-13/h3-4,7H,5-6,15H2,1-2H3,(H,16,19). The summed E-state index contributed by atoms with van der Waals surface area (Å²) in [6, 6.07) is 4.87. The molecule has 3 N–H and O–H groups in total. The smallest absolute Gasteiger partial charge is 0.325 e. The van der Waals surface area contributed by atoms with E-state index in [9.17, 15) is 9.59 Å². The lowest BCUT2D eigenvalue weighted by molar-refractivity contribution is -0.131. The van der Waals surface area contributed by atoms with Gasteiger partial charge in [0, 0.05) is 18.1 Å². The van der Waals surface area contributed by atoms with Gasteiger partial charge in [0.1, 0.15) is 5.54 Å². The summed E-state index contributed by atoms with van der Waals surface area (Å²) in [6.45, 7) is 4.00. The van der Waals surface area contributed by atoms with E-state index in [2.05, 4.69) is 5.32 Å². The number of amides is 3. The Balaban J connectivity index is 2.40. The van der Waals surface area contributed by atoms with E-state index < -0.39 is 11.6 Å². The molecule has 1 aromatic rings. The predicted molar refractivity (Wildman–Crippen MR) is 72.8 cm³/mol. The van der Waals surface area contributed by atoms with E-state index in [-0.39, 0.29) is 19.0 Å². The van der Waals surface area contributed by atoms with Crippen molar-refractivity contribution in [3.05, 3.63) is 34.3 Å². The van der Waals surface area contributed by atoms with Crippen LogP contribution in [0.3, 0.4) is 0 Å². The number of benzene rings is 1. The quantitative estimate of drug-likeness (QED) is 0.822. The summed E-state index contributed by atoms with van der Waals surface area (Å²) in [7, 11) is 0. The van der Waals surface area contributed by atoms with E-state index in [1.54, 1.807) is 19.1 Å². The Hall–Kier alpha value is -1.59. The minimum absolute atomic E-state index is 0.215. The van der Waals surface area contributed by atoms with Crippen LogP contribution in [0, 0.1) is 6.92 Å². The molecule has 0 bridgehead atoms. The van der Waals surface area contributed by atoms with Crippen LogP contribution in [0.15, 0.2) is 18.2 Å². The summed E-state index contributed by atoms with van der Waals surface area (Å²) in [5.41, 5.74) is 5.93. The molecular weight excluding hydrogens is 266 g/mol. The second-order valence-electron chi connectivity index (χ2n) is 4.76. The van der Waals surface area contributed by atoms with Gasteiger partial charge in [0.25, 0.3) is 5.91 Å². The molecule has 1 aliphatic rings. The van der Waals surface area contributed by atoms with Crippen molar-refractivity contribution >= 4 is 23.5 Å². The third kappa shape index (κ3) is 2.19. The highest BCUT2D eigenvalue weighted by atomic mass is 35.5. The van der Waals surface area contributed by atoms with Crippen molar-refractivity contribution < 1.29 is 9.59 Å². The fourth-order valence-corrected chi connectivity index (χ4v) is 2.30. The SMILES string of the molecule is Cc1cc(C2(C)NC(=O)N(CCN)C2=O)ccc1Cl. The van der Waals surface area contributed by atoms with Gasteiger partial charge in [-0.15, -0.1) is 0 Å². The van der Waals surface area contributed by atoms with Gasteiger partial charge in [0.2, 0.25) is 0 Å². The summed E-state index contributed by atoms with van der Waals surface area (Å²) in [6.07, 6.45) is 0. The summed E-state index contributed by atoms with van der Waals surface area (Å²) in [4.78, 5) is 25.3. The molecular formula is C13H16ClN3O2. The number of nitrogens with zero attached hydrogens (tertiary/aromatic N) is 1. The minimum Gasteiger partial charge on any atom is -0.329 e. The number of nitrogens with two attached hydrogens (primary N) is 1. The average molecular weight is 282 g/mol. The lowest BCUT2D eigenvalue weighted by Gasteiger charge is -2.22. The lowest BCUT2D eigenvalue weighted by atomic mass is 9.91. The zero-order chi connectivity index (χ0) is 14.2. The molecule has 0 saturated carbocycles. The van der Waals surface area contributed by atoms with Gasteiger partial charge in [0.05, 0.1) is 0 Å². The van der Waals surface area contributed by atoms with Gasteiger partial charge in [-0.05, 0) is 31.0 Å². The fourth-order valence-electron chi connectivity index (χ4n) is 2.18. The minimum atomic E-state index is -1.05. The maximum Gasteiger partial charge on any atom is 0.325 e. The molecule has 0 radical (unpaired) electrons. The molecule has 1 aromatic carbocycles. The molecule has 0 aliphatic carbocycles. The molecule has 1 fully saturated rings. The maximum atomic E-state index is 12.4. The number of hydrogen-bond donors (Lipinski definition) is 2. The highest BCUT2D eigenvalue weighted by Gasteiger charge is 2.48. The van der Waals surface area contributed by atoms with Crippen LogP contribution in [0.1, 0.15) is 18.1 Å². The molecule has 6 heteroatoms.